The summed E-state index contributed by atoms with van der Waals surface area (Å²) in [7, 11) is 1.54. The van der Waals surface area contributed by atoms with Gasteiger partial charge in [-0.2, -0.15) is 5.26 Å². The summed E-state index contributed by atoms with van der Waals surface area (Å²) in [6.45, 7) is 2.82. The summed E-state index contributed by atoms with van der Waals surface area (Å²) in [6, 6.07) is 9.54. The molecule has 0 aliphatic carbocycles. The Morgan fingerprint density at radius 1 is 1.29 bits per heavy atom. The van der Waals surface area contributed by atoms with Crippen molar-refractivity contribution in [3.05, 3.63) is 65.2 Å². The Morgan fingerprint density at radius 3 is 3.00 bits per heavy atom. The molecule has 170 valence electrons. The van der Waals surface area contributed by atoms with Gasteiger partial charge in [0.1, 0.15) is 16.1 Å². The molecule has 10 heteroatoms. The van der Waals surface area contributed by atoms with E-state index in [1.807, 2.05) is 19.1 Å². The summed E-state index contributed by atoms with van der Waals surface area (Å²) in [5, 5.41) is 13.2. The highest BCUT2D eigenvalue weighted by molar-refractivity contribution is 7.21. The van der Waals surface area contributed by atoms with Crippen LogP contribution in [0.3, 0.4) is 0 Å². The fourth-order valence-corrected chi connectivity index (χ4v) is 4.67. The Bertz CT molecular complexity index is 1450. The van der Waals surface area contributed by atoms with E-state index in [1.54, 1.807) is 24.5 Å². The molecule has 1 aromatic carbocycles. The molecule has 1 aliphatic rings. The molecular weight excluding hydrogens is 452 g/mol. The molecule has 1 N–H and O–H groups in total. The van der Waals surface area contributed by atoms with E-state index in [2.05, 4.69) is 31.3 Å². The fraction of sp³-hybridized carbons (Fsp3) is 0.250. The average molecular weight is 473 g/mol. The number of amides is 1. The van der Waals surface area contributed by atoms with Crippen LogP contribution in [0.4, 0.5) is 0 Å². The molecule has 0 saturated carbocycles. The predicted molar refractivity (Wildman–Crippen MR) is 125 cm³/mol. The second-order valence-electron chi connectivity index (χ2n) is 8.10. The number of rotatable bonds is 5. The maximum atomic E-state index is 12.8. The molecule has 3 aromatic heterocycles. The fourth-order valence-electron chi connectivity index (χ4n) is 3.80. The second-order valence-corrected chi connectivity index (χ2v) is 9.13. The van der Waals surface area contributed by atoms with Gasteiger partial charge in [-0.1, -0.05) is 6.07 Å². The molecule has 4 aromatic rings. The first kappa shape index (κ1) is 21.9. The largest absolute Gasteiger partial charge is 0.480 e. The number of benzene rings is 1. The number of nitrogens with one attached hydrogen (secondary N) is 1. The number of pyridine rings is 1. The molecular formula is C24H20N6O3S. The number of methoxy groups -OCH3 is 1. The second kappa shape index (κ2) is 8.78. The van der Waals surface area contributed by atoms with Crippen LogP contribution in [0.15, 0.2) is 42.9 Å². The Hall–Kier alpha value is -3.94. The molecule has 1 aliphatic heterocycles. The van der Waals surface area contributed by atoms with Gasteiger partial charge in [0, 0.05) is 11.8 Å². The molecule has 0 bridgehead atoms. The van der Waals surface area contributed by atoms with Gasteiger partial charge in [0.05, 0.1) is 61.2 Å². The molecule has 1 amide bonds. The number of fused-ring (bicyclic) bond motifs is 2. The van der Waals surface area contributed by atoms with E-state index in [-0.39, 0.29) is 12.5 Å². The van der Waals surface area contributed by atoms with Crippen molar-refractivity contribution in [1.29, 1.82) is 5.26 Å². The topological polar surface area (TPSA) is 123 Å². The van der Waals surface area contributed by atoms with Gasteiger partial charge in [-0.15, -0.1) is 11.3 Å². The zero-order valence-corrected chi connectivity index (χ0v) is 19.3. The minimum Gasteiger partial charge on any atom is -0.480 e. The first-order valence-corrected chi connectivity index (χ1v) is 11.3. The van der Waals surface area contributed by atoms with Gasteiger partial charge in [-0.3, -0.25) is 14.8 Å². The molecule has 0 radical (unpaired) electrons. The van der Waals surface area contributed by atoms with E-state index < -0.39 is 5.41 Å². The van der Waals surface area contributed by atoms with Crippen LogP contribution in [0.2, 0.25) is 0 Å². The molecule has 0 fully saturated rings. The van der Waals surface area contributed by atoms with Crippen LogP contribution < -0.4 is 10.1 Å². The van der Waals surface area contributed by atoms with Crippen molar-refractivity contribution < 1.29 is 14.3 Å². The maximum Gasteiger partial charge on any atom is 0.251 e. The SMILES string of the molecule is COc1cncc(-c2nc3cc(CNC(=O)c4ccc5c(c4)[C@](C)(C#N)COC5)ncc3s2)n1. The van der Waals surface area contributed by atoms with Gasteiger partial charge in [0.15, 0.2) is 0 Å². The molecule has 5 rings (SSSR count). The average Bonchev–Trinajstić information content (AvgIpc) is 3.31. The quantitative estimate of drug-likeness (QED) is 0.469. The van der Waals surface area contributed by atoms with E-state index in [9.17, 15) is 10.1 Å². The van der Waals surface area contributed by atoms with Crippen molar-refractivity contribution >= 4 is 27.5 Å². The first-order chi connectivity index (χ1) is 16.5. The predicted octanol–water partition coefficient (Wildman–Crippen LogP) is 3.40. The summed E-state index contributed by atoms with van der Waals surface area (Å²) in [5.74, 6) is 0.185. The summed E-state index contributed by atoms with van der Waals surface area (Å²) in [6.07, 6.45) is 4.91. The molecule has 4 heterocycles. The standard InChI is InChI=1S/C24H20N6O3S/c1-24(12-25)13-33-11-15-4-3-14(5-17(15)24)22(31)28-7-16-6-18-20(9-27-16)34-23(30-18)19-8-26-10-21(29-19)32-2/h3-6,8-10H,7,11,13H2,1-2H3,(H,28,31)/t24-/m1/s1. The van der Waals surface area contributed by atoms with E-state index in [0.717, 1.165) is 21.3 Å². The zero-order chi connectivity index (χ0) is 23.7. The highest BCUT2D eigenvalue weighted by atomic mass is 32.1. The van der Waals surface area contributed by atoms with Gasteiger partial charge in [0.2, 0.25) is 5.88 Å². The van der Waals surface area contributed by atoms with E-state index in [4.69, 9.17) is 9.47 Å². The number of nitrogens with zero attached hydrogens (tertiary/aromatic N) is 5. The Balaban J connectivity index is 1.33. The van der Waals surface area contributed by atoms with E-state index in [0.29, 0.717) is 41.1 Å². The number of ether oxygens (including phenoxy) is 2. The first-order valence-electron chi connectivity index (χ1n) is 10.5. The molecule has 0 saturated heterocycles. The normalized spacial score (nSPS) is 17.1. The van der Waals surface area contributed by atoms with Crippen LogP contribution in [0.1, 0.15) is 34.1 Å². The summed E-state index contributed by atoms with van der Waals surface area (Å²) >= 11 is 1.46. The van der Waals surface area contributed by atoms with Crippen molar-refractivity contribution in [2.45, 2.75) is 25.5 Å². The van der Waals surface area contributed by atoms with Gasteiger partial charge in [-0.25, -0.2) is 9.97 Å². The number of thiazole rings is 1. The molecule has 34 heavy (non-hydrogen) atoms. The van der Waals surface area contributed by atoms with Gasteiger partial charge in [0.25, 0.3) is 5.91 Å². The van der Waals surface area contributed by atoms with Crippen molar-refractivity contribution in [3.8, 4) is 22.7 Å². The smallest absolute Gasteiger partial charge is 0.251 e. The summed E-state index contributed by atoms with van der Waals surface area (Å²) in [4.78, 5) is 30.4. The minimum absolute atomic E-state index is 0.234. The molecule has 0 unspecified atom stereocenters. The Morgan fingerprint density at radius 2 is 2.18 bits per heavy atom. The molecule has 9 nitrogen and oxygen atoms in total. The third kappa shape index (κ3) is 4.07. The van der Waals surface area contributed by atoms with Crippen molar-refractivity contribution in [3.63, 3.8) is 0 Å². The lowest BCUT2D eigenvalue weighted by Crippen LogP contribution is -2.33. The van der Waals surface area contributed by atoms with Crippen molar-refractivity contribution in [1.82, 2.24) is 25.3 Å². The number of carbonyl (C=O) groups is 1. The highest BCUT2D eigenvalue weighted by Crippen LogP contribution is 2.33. The highest BCUT2D eigenvalue weighted by Gasteiger charge is 2.33. The van der Waals surface area contributed by atoms with Crippen LogP contribution in [0, 0.1) is 11.3 Å². The summed E-state index contributed by atoms with van der Waals surface area (Å²) < 4.78 is 11.6. The van der Waals surface area contributed by atoms with Gasteiger partial charge in [-0.05, 0) is 36.2 Å². The Labute approximate surface area is 199 Å². The van der Waals surface area contributed by atoms with Crippen molar-refractivity contribution in [2.75, 3.05) is 13.7 Å². The lowest BCUT2D eigenvalue weighted by Gasteiger charge is -2.30. The number of nitriles is 1. The monoisotopic (exact) mass is 472 g/mol. The third-order valence-corrected chi connectivity index (χ3v) is 6.69. The molecule has 1 atom stereocenters. The third-order valence-electron chi connectivity index (χ3n) is 5.66. The van der Waals surface area contributed by atoms with Crippen LogP contribution in [-0.4, -0.2) is 39.6 Å². The zero-order valence-electron chi connectivity index (χ0n) is 18.5. The van der Waals surface area contributed by atoms with Crippen LogP contribution in [-0.2, 0) is 23.3 Å². The Kier molecular flexibility index (Phi) is 5.65. The van der Waals surface area contributed by atoms with Gasteiger partial charge >= 0.3 is 0 Å². The number of carbonyl (C=O) groups excluding carboxylic acids is 1. The lowest BCUT2D eigenvalue weighted by molar-refractivity contribution is 0.0757. The van der Waals surface area contributed by atoms with E-state index >= 15 is 0 Å². The van der Waals surface area contributed by atoms with Crippen LogP contribution in [0.25, 0.3) is 20.9 Å². The number of hydrogen-bond acceptors (Lipinski definition) is 9. The number of hydrogen-bond donors (Lipinski definition) is 1. The number of aromatic nitrogens is 4. The van der Waals surface area contributed by atoms with Crippen LogP contribution >= 0.6 is 11.3 Å². The minimum atomic E-state index is -0.772. The molecule has 0 spiro atoms. The maximum absolute atomic E-state index is 12.8. The van der Waals surface area contributed by atoms with Crippen molar-refractivity contribution in [2.24, 2.45) is 0 Å². The van der Waals surface area contributed by atoms with Crippen LogP contribution in [0.5, 0.6) is 5.88 Å². The van der Waals surface area contributed by atoms with E-state index in [1.165, 1.54) is 24.6 Å². The lowest BCUT2D eigenvalue weighted by atomic mass is 9.79. The van der Waals surface area contributed by atoms with Gasteiger partial charge < -0.3 is 14.8 Å². The summed E-state index contributed by atoms with van der Waals surface area (Å²) in [5.41, 5.74) is 3.56.